The van der Waals surface area contributed by atoms with E-state index in [9.17, 15) is 23.1 Å². The lowest BCUT2D eigenvalue weighted by atomic mass is 10.2. The third kappa shape index (κ3) is 4.03. The van der Waals surface area contributed by atoms with Gasteiger partial charge in [-0.25, -0.2) is 22.2 Å². The second-order valence-corrected chi connectivity index (χ2v) is 9.62. The van der Waals surface area contributed by atoms with E-state index in [0.29, 0.717) is 35.5 Å². The number of nitrogens with zero attached hydrogens (tertiary/aromatic N) is 3. The highest BCUT2D eigenvalue weighted by Crippen LogP contribution is 2.29. The Labute approximate surface area is 189 Å². The lowest BCUT2D eigenvalue weighted by Gasteiger charge is -2.20. The summed E-state index contributed by atoms with van der Waals surface area (Å²) in [5.41, 5.74) is 0.613. The molecule has 32 heavy (non-hydrogen) atoms. The third-order valence-corrected chi connectivity index (χ3v) is 7.53. The van der Waals surface area contributed by atoms with E-state index in [2.05, 4.69) is 10.3 Å². The van der Waals surface area contributed by atoms with Crippen LogP contribution in [0.2, 0.25) is 5.02 Å². The number of rotatable bonds is 6. The first kappa shape index (κ1) is 22.1. The highest BCUT2D eigenvalue weighted by molar-refractivity contribution is 7.90. The van der Waals surface area contributed by atoms with Gasteiger partial charge in [-0.05, 0) is 37.1 Å². The van der Waals surface area contributed by atoms with E-state index < -0.39 is 28.1 Å². The predicted molar refractivity (Wildman–Crippen MR) is 118 cm³/mol. The Hall–Kier alpha value is -3.11. The molecular weight excluding hydrogens is 456 g/mol. The van der Waals surface area contributed by atoms with E-state index in [1.165, 1.54) is 18.3 Å². The first-order valence-electron chi connectivity index (χ1n) is 10.0. The Morgan fingerprint density at radius 1 is 1.22 bits per heavy atom. The van der Waals surface area contributed by atoms with Crippen molar-refractivity contribution < 1.29 is 23.1 Å². The minimum Gasteiger partial charge on any atom is -0.465 e. The fourth-order valence-electron chi connectivity index (χ4n) is 3.94. The zero-order valence-corrected chi connectivity index (χ0v) is 18.5. The van der Waals surface area contributed by atoms with E-state index in [1.54, 1.807) is 30.3 Å². The molecule has 1 aliphatic rings. The third-order valence-electron chi connectivity index (χ3n) is 5.44. The minimum atomic E-state index is -3.96. The van der Waals surface area contributed by atoms with Crippen LogP contribution in [0.15, 0.2) is 53.6 Å². The topological polar surface area (TPSA) is 122 Å². The van der Waals surface area contributed by atoms with Crippen molar-refractivity contribution in [1.82, 2.24) is 19.2 Å². The standard InChI is InChI=1S/C21H21ClN4O5S/c22-17-9-11-23-19-16(17)13-14(26(19)32(30,31)15-5-2-1-3-6-15)8-10-24-20(27)18-7-4-12-25(18)21(28)29/h1-3,5-6,9,11,13,18H,4,7-8,10,12H2,(H,24,27)(H,28,29). The summed E-state index contributed by atoms with van der Waals surface area (Å²) in [6.45, 7) is 0.447. The maximum Gasteiger partial charge on any atom is 0.407 e. The number of carboxylic acid groups (broad SMARTS) is 1. The summed E-state index contributed by atoms with van der Waals surface area (Å²) in [5.74, 6) is -0.394. The highest BCUT2D eigenvalue weighted by Gasteiger charge is 2.34. The lowest BCUT2D eigenvalue weighted by molar-refractivity contribution is -0.124. The van der Waals surface area contributed by atoms with Crippen LogP contribution in [-0.4, -0.2) is 58.5 Å². The highest BCUT2D eigenvalue weighted by atomic mass is 35.5. The smallest absolute Gasteiger partial charge is 0.407 e. The molecule has 1 aromatic carbocycles. The molecule has 2 N–H and O–H groups in total. The Bertz CT molecular complexity index is 1280. The van der Waals surface area contributed by atoms with Crippen molar-refractivity contribution >= 4 is 44.7 Å². The molecule has 1 saturated heterocycles. The number of nitrogens with one attached hydrogen (secondary N) is 1. The molecule has 0 radical (unpaired) electrons. The van der Waals surface area contributed by atoms with Crippen LogP contribution in [0.3, 0.4) is 0 Å². The molecule has 4 rings (SSSR count). The lowest BCUT2D eigenvalue weighted by Crippen LogP contribution is -2.45. The molecule has 9 nitrogen and oxygen atoms in total. The van der Waals surface area contributed by atoms with Crippen molar-refractivity contribution in [3.8, 4) is 0 Å². The summed E-state index contributed by atoms with van der Waals surface area (Å²) in [6, 6.07) is 10.5. The van der Waals surface area contributed by atoms with Crippen LogP contribution in [0.5, 0.6) is 0 Å². The number of carbonyl (C=O) groups is 2. The number of carbonyl (C=O) groups excluding carboxylic acids is 1. The maximum atomic E-state index is 13.4. The van der Waals surface area contributed by atoms with Gasteiger partial charge >= 0.3 is 6.09 Å². The molecule has 0 aliphatic carbocycles. The molecular formula is C21H21ClN4O5S. The van der Waals surface area contributed by atoms with Crippen molar-refractivity contribution in [3.63, 3.8) is 0 Å². The van der Waals surface area contributed by atoms with Crippen LogP contribution in [0.4, 0.5) is 4.79 Å². The summed E-state index contributed by atoms with van der Waals surface area (Å²) in [6.07, 6.45) is 1.58. The number of fused-ring (bicyclic) bond motifs is 1. The summed E-state index contributed by atoms with van der Waals surface area (Å²) < 4.78 is 27.9. The van der Waals surface area contributed by atoms with Gasteiger partial charge in [-0.2, -0.15) is 0 Å². The molecule has 1 fully saturated rings. The molecule has 0 bridgehead atoms. The first-order valence-corrected chi connectivity index (χ1v) is 11.9. The van der Waals surface area contributed by atoms with Crippen LogP contribution < -0.4 is 5.32 Å². The van der Waals surface area contributed by atoms with Gasteiger partial charge in [0.15, 0.2) is 5.65 Å². The largest absolute Gasteiger partial charge is 0.465 e. The molecule has 1 unspecified atom stereocenters. The second-order valence-electron chi connectivity index (χ2n) is 7.42. The van der Waals surface area contributed by atoms with Crippen molar-refractivity contribution in [1.29, 1.82) is 0 Å². The van der Waals surface area contributed by atoms with Crippen LogP contribution in [-0.2, 0) is 21.2 Å². The molecule has 2 aromatic heterocycles. The van der Waals surface area contributed by atoms with Crippen LogP contribution in [0.25, 0.3) is 11.0 Å². The van der Waals surface area contributed by atoms with Gasteiger partial charge in [0, 0.05) is 36.8 Å². The summed E-state index contributed by atoms with van der Waals surface area (Å²) in [5, 5.41) is 12.8. The molecule has 3 heterocycles. The summed E-state index contributed by atoms with van der Waals surface area (Å²) in [4.78, 5) is 29.2. The van der Waals surface area contributed by atoms with Crippen LogP contribution in [0, 0.1) is 0 Å². The van der Waals surface area contributed by atoms with Gasteiger partial charge in [-0.15, -0.1) is 0 Å². The minimum absolute atomic E-state index is 0.104. The summed E-state index contributed by atoms with van der Waals surface area (Å²) >= 11 is 6.28. The molecule has 168 valence electrons. The summed E-state index contributed by atoms with van der Waals surface area (Å²) in [7, 11) is -3.96. The van der Waals surface area contributed by atoms with Gasteiger partial charge in [0.25, 0.3) is 10.0 Å². The van der Waals surface area contributed by atoms with E-state index in [0.717, 1.165) is 8.87 Å². The Morgan fingerprint density at radius 2 is 1.97 bits per heavy atom. The monoisotopic (exact) mass is 476 g/mol. The second kappa shape index (κ2) is 8.79. The molecule has 1 atom stereocenters. The van der Waals surface area contributed by atoms with Crippen molar-refractivity contribution in [2.45, 2.75) is 30.2 Å². The fourth-order valence-corrected chi connectivity index (χ4v) is 5.67. The number of halogens is 1. The number of pyridine rings is 1. The number of amides is 2. The maximum absolute atomic E-state index is 13.4. The molecule has 0 spiro atoms. The van der Waals surface area contributed by atoms with Gasteiger partial charge < -0.3 is 10.4 Å². The van der Waals surface area contributed by atoms with E-state index in [-0.39, 0.29) is 23.5 Å². The van der Waals surface area contributed by atoms with Crippen LogP contribution in [0.1, 0.15) is 18.5 Å². The van der Waals surface area contributed by atoms with Gasteiger partial charge in [0.2, 0.25) is 5.91 Å². The predicted octanol–water partition coefficient (Wildman–Crippen LogP) is 2.73. The van der Waals surface area contributed by atoms with Crippen molar-refractivity contribution in [3.05, 3.63) is 59.4 Å². The van der Waals surface area contributed by atoms with Gasteiger partial charge in [-0.3, -0.25) is 9.69 Å². The normalized spacial score (nSPS) is 16.4. The quantitative estimate of drug-likeness (QED) is 0.564. The van der Waals surface area contributed by atoms with Gasteiger partial charge in [-0.1, -0.05) is 29.8 Å². The zero-order chi connectivity index (χ0) is 22.9. The Morgan fingerprint density at radius 3 is 2.69 bits per heavy atom. The van der Waals surface area contributed by atoms with Gasteiger partial charge in [0.05, 0.1) is 9.92 Å². The average Bonchev–Trinajstić information content (AvgIpc) is 3.40. The average molecular weight is 477 g/mol. The van der Waals surface area contributed by atoms with E-state index in [1.807, 2.05) is 0 Å². The number of benzene rings is 1. The van der Waals surface area contributed by atoms with E-state index in [4.69, 9.17) is 11.6 Å². The van der Waals surface area contributed by atoms with Crippen molar-refractivity contribution in [2.75, 3.05) is 13.1 Å². The zero-order valence-electron chi connectivity index (χ0n) is 16.9. The molecule has 11 heteroatoms. The Kier molecular flexibility index (Phi) is 6.07. The molecule has 0 saturated carbocycles. The fraction of sp³-hybridized carbons (Fsp3) is 0.286. The molecule has 1 aliphatic heterocycles. The molecule has 2 amide bonds. The number of hydrogen-bond donors (Lipinski definition) is 2. The number of likely N-dealkylation sites (tertiary alicyclic amines) is 1. The first-order chi connectivity index (χ1) is 15.3. The van der Waals surface area contributed by atoms with E-state index >= 15 is 0 Å². The SMILES string of the molecule is O=C(NCCc1cc2c(Cl)ccnc2n1S(=O)(=O)c1ccccc1)C1CCCN1C(=O)O. The Balaban J connectivity index is 1.62. The van der Waals surface area contributed by atoms with Crippen LogP contribution >= 0.6 is 11.6 Å². The number of hydrogen-bond acceptors (Lipinski definition) is 5. The number of aromatic nitrogens is 2. The van der Waals surface area contributed by atoms with Crippen molar-refractivity contribution in [2.24, 2.45) is 0 Å². The van der Waals surface area contributed by atoms with Gasteiger partial charge in [0.1, 0.15) is 6.04 Å². The molecule has 3 aromatic rings.